The minimum Gasteiger partial charge on any atom is -0.320 e. The smallest absolute Gasteiger partial charge is 0.211 e. The Hall–Kier alpha value is 0.120. The highest BCUT2D eigenvalue weighted by molar-refractivity contribution is 7.89. The molecule has 5 nitrogen and oxygen atoms in total. The molecule has 0 bridgehead atoms. The summed E-state index contributed by atoms with van der Waals surface area (Å²) in [6, 6.07) is 0. The lowest BCUT2D eigenvalue weighted by Crippen LogP contribution is -2.40. The molecule has 1 heterocycles. The molecule has 7 heteroatoms. The van der Waals surface area contributed by atoms with Gasteiger partial charge in [0.2, 0.25) is 10.0 Å². The van der Waals surface area contributed by atoms with Gasteiger partial charge in [-0.25, -0.2) is 13.1 Å². The summed E-state index contributed by atoms with van der Waals surface area (Å²) in [6.07, 6.45) is 3.73. The maximum Gasteiger partial charge on any atom is 0.211 e. The molecule has 0 atom stereocenters. The lowest BCUT2D eigenvalue weighted by molar-refractivity contribution is 0.182. The first-order valence-electron chi connectivity index (χ1n) is 6.91. The predicted molar refractivity (Wildman–Crippen MR) is 82.4 cm³/mol. The van der Waals surface area contributed by atoms with E-state index in [1.165, 1.54) is 19.3 Å². The zero-order valence-electron chi connectivity index (χ0n) is 12.0. The van der Waals surface area contributed by atoms with Crippen LogP contribution in [0.15, 0.2) is 0 Å². The van der Waals surface area contributed by atoms with Crippen LogP contribution in [0.25, 0.3) is 0 Å². The normalized spacial score (nSPS) is 18.2. The van der Waals surface area contributed by atoms with Crippen LogP contribution in [0.5, 0.6) is 0 Å². The third kappa shape index (κ3) is 8.09. The average Bonchev–Trinajstić information content (AvgIpc) is 2.38. The number of hydrogen-bond acceptors (Lipinski definition) is 4. The number of piperidine rings is 1. The fourth-order valence-electron chi connectivity index (χ4n) is 2.31. The largest absolute Gasteiger partial charge is 0.320 e. The van der Waals surface area contributed by atoms with Crippen molar-refractivity contribution in [3.63, 3.8) is 0 Å². The fraction of sp³-hybridized carbons (Fsp3) is 1.00. The third-order valence-corrected chi connectivity index (χ3v) is 5.04. The van der Waals surface area contributed by atoms with Crippen LogP contribution in [0, 0.1) is 5.92 Å². The Labute approximate surface area is 124 Å². The molecular formula is C12H28ClN3O2S. The van der Waals surface area contributed by atoms with Gasteiger partial charge in [-0.1, -0.05) is 0 Å². The summed E-state index contributed by atoms with van der Waals surface area (Å²) >= 11 is 0. The third-order valence-electron chi connectivity index (χ3n) is 3.64. The van der Waals surface area contributed by atoms with Crippen LogP contribution in [0.1, 0.15) is 26.2 Å². The first-order valence-corrected chi connectivity index (χ1v) is 8.57. The lowest BCUT2D eigenvalue weighted by Gasteiger charge is -2.31. The molecule has 0 aliphatic carbocycles. The van der Waals surface area contributed by atoms with E-state index in [2.05, 4.69) is 14.9 Å². The number of likely N-dealkylation sites (tertiary alicyclic amines) is 1. The van der Waals surface area contributed by atoms with Crippen LogP contribution in [-0.4, -0.2) is 58.8 Å². The summed E-state index contributed by atoms with van der Waals surface area (Å²) < 4.78 is 25.2. The number of sulfonamides is 1. The van der Waals surface area contributed by atoms with Gasteiger partial charge in [0.05, 0.1) is 5.75 Å². The Bertz CT molecular complexity index is 317. The van der Waals surface area contributed by atoms with Crippen LogP contribution in [-0.2, 0) is 10.0 Å². The number of nitrogens with zero attached hydrogens (tertiary/aromatic N) is 1. The summed E-state index contributed by atoms with van der Waals surface area (Å²) in [6.45, 7) is 6.33. The van der Waals surface area contributed by atoms with Gasteiger partial charge in [-0.05, 0) is 58.8 Å². The van der Waals surface area contributed by atoms with E-state index in [4.69, 9.17) is 0 Å². The lowest BCUT2D eigenvalue weighted by atomic mass is 9.93. The van der Waals surface area contributed by atoms with Crippen molar-refractivity contribution in [3.05, 3.63) is 0 Å². The van der Waals surface area contributed by atoms with Gasteiger partial charge in [-0.15, -0.1) is 12.4 Å². The summed E-state index contributed by atoms with van der Waals surface area (Å²) in [5, 5.41) is 3.19. The van der Waals surface area contributed by atoms with Crippen molar-refractivity contribution in [3.8, 4) is 0 Å². The fourth-order valence-corrected chi connectivity index (χ4v) is 2.91. The van der Waals surface area contributed by atoms with Gasteiger partial charge in [0.1, 0.15) is 0 Å². The molecule has 1 rings (SSSR count). The van der Waals surface area contributed by atoms with E-state index in [9.17, 15) is 8.42 Å². The second kappa shape index (κ2) is 9.94. The topological polar surface area (TPSA) is 61.4 Å². The molecule has 116 valence electrons. The van der Waals surface area contributed by atoms with Crippen molar-refractivity contribution in [2.45, 2.75) is 26.2 Å². The molecule has 1 fully saturated rings. The van der Waals surface area contributed by atoms with Crippen molar-refractivity contribution >= 4 is 22.4 Å². The standard InChI is InChI=1S/C12H27N3O2S.ClH/c1-3-18(16,17)14-8-11-15-9-5-12(6-10-15)4-7-13-2;/h12-14H,3-11H2,1-2H3;1H. The van der Waals surface area contributed by atoms with Crippen LogP contribution in [0.2, 0.25) is 0 Å². The molecule has 0 amide bonds. The van der Waals surface area contributed by atoms with Gasteiger partial charge in [-0.2, -0.15) is 0 Å². The molecule has 0 saturated carbocycles. The molecule has 0 unspecified atom stereocenters. The molecule has 1 aliphatic rings. The van der Waals surface area contributed by atoms with Crippen LogP contribution in [0.4, 0.5) is 0 Å². The monoisotopic (exact) mass is 313 g/mol. The van der Waals surface area contributed by atoms with E-state index in [1.54, 1.807) is 6.92 Å². The zero-order valence-corrected chi connectivity index (χ0v) is 13.7. The zero-order chi connectivity index (χ0) is 13.4. The Balaban J connectivity index is 0.00000324. The predicted octanol–water partition coefficient (Wildman–Crippen LogP) is 0.669. The second-order valence-electron chi connectivity index (χ2n) is 4.98. The molecule has 2 N–H and O–H groups in total. The highest BCUT2D eigenvalue weighted by Crippen LogP contribution is 2.19. The van der Waals surface area contributed by atoms with Gasteiger partial charge < -0.3 is 10.2 Å². The molecule has 0 aromatic rings. The van der Waals surface area contributed by atoms with Crippen LogP contribution >= 0.6 is 12.4 Å². The summed E-state index contributed by atoms with van der Waals surface area (Å²) in [5.74, 6) is 1.00. The molecule has 0 radical (unpaired) electrons. The summed E-state index contributed by atoms with van der Waals surface area (Å²) in [4.78, 5) is 2.36. The van der Waals surface area contributed by atoms with E-state index in [1.807, 2.05) is 7.05 Å². The van der Waals surface area contributed by atoms with Crippen LogP contribution in [0.3, 0.4) is 0 Å². The van der Waals surface area contributed by atoms with Crippen molar-refractivity contribution < 1.29 is 8.42 Å². The SMILES string of the molecule is CCS(=O)(=O)NCCN1CCC(CCNC)CC1.Cl. The van der Waals surface area contributed by atoms with Gasteiger partial charge in [0.25, 0.3) is 0 Å². The number of rotatable bonds is 8. The van der Waals surface area contributed by atoms with Gasteiger partial charge >= 0.3 is 0 Å². The van der Waals surface area contributed by atoms with Crippen LogP contribution < -0.4 is 10.0 Å². The Morgan fingerprint density at radius 1 is 1.21 bits per heavy atom. The highest BCUT2D eigenvalue weighted by atomic mass is 35.5. The Morgan fingerprint density at radius 2 is 1.84 bits per heavy atom. The molecule has 1 saturated heterocycles. The van der Waals surface area contributed by atoms with E-state index < -0.39 is 10.0 Å². The maximum atomic E-state index is 11.3. The minimum absolute atomic E-state index is 0. The maximum absolute atomic E-state index is 11.3. The highest BCUT2D eigenvalue weighted by Gasteiger charge is 2.18. The van der Waals surface area contributed by atoms with E-state index >= 15 is 0 Å². The average molecular weight is 314 g/mol. The van der Waals surface area contributed by atoms with Crippen molar-refractivity contribution in [1.82, 2.24) is 14.9 Å². The van der Waals surface area contributed by atoms with E-state index in [0.717, 1.165) is 32.1 Å². The van der Waals surface area contributed by atoms with Crippen molar-refractivity contribution in [1.29, 1.82) is 0 Å². The molecule has 19 heavy (non-hydrogen) atoms. The molecule has 0 spiro atoms. The molecule has 1 aliphatic heterocycles. The number of nitrogens with one attached hydrogen (secondary N) is 2. The second-order valence-corrected chi connectivity index (χ2v) is 7.07. The molecule has 0 aromatic carbocycles. The first kappa shape index (κ1) is 19.1. The van der Waals surface area contributed by atoms with Gasteiger partial charge in [0.15, 0.2) is 0 Å². The number of halogens is 1. The van der Waals surface area contributed by atoms with Gasteiger partial charge in [-0.3, -0.25) is 0 Å². The van der Waals surface area contributed by atoms with Gasteiger partial charge in [0, 0.05) is 13.1 Å². The molecule has 0 aromatic heterocycles. The quantitative estimate of drug-likeness (QED) is 0.691. The van der Waals surface area contributed by atoms with E-state index in [0.29, 0.717) is 6.54 Å². The Morgan fingerprint density at radius 3 is 2.37 bits per heavy atom. The Kier molecular flexibility index (Phi) is 10.00. The first-order chi connectivity index (χ1) is 8.57. The summed E-state index contributed by atoms with van der Waals surface area (Å²) in [7, 11) is -1.03. The molecular weight excluding hydrogens is 286 g/mol. The van der Waals surface area contributed by atoms with E-state index in [-0.39, 0.29) is 18.2 Å². The summed E-state index contributed by atoms with van der Waals surface area (Å²) in [5.41, 5.74) is 0. The van der Waals surface area contributed by atoms with Crippen molar-refractivity contribution in [2.75, 3.05) is 45.5 Å². The van der Waals surface area contributed by atoms with Crippen molar-refractivity contribution in [2.24, 2.45) is 5.92 Å². The minimum atomic E-state index is -3.03. The number of hydrogen-bond donors (Lipinski definition) is 2.